The van der Waals surface area contributed by atoms with E-state index in [9.17, 15) is 0 Å². The van der Waals surface area contributed by atoms with Gasteiger partial charge in [-0.25, -0.2) is 4.98 Å². The van der Waals surface area contributed by atoms with E-state index in [1.165, 1.54) is 25.7 Å². The number of nitrogens with two attached hydrogens (primary N) is 1. The van der Waals surface area contributed by atoms with Crippen molar-refractivity contribution < 1.29 is 0 Å². The Balaban J connectivity index is 2.06. The first kappa shape index (κ1) is 12.7. The molecule has 1 heterocycles. The Kier molecular flexibility index (Phi) is 3.92. The first-order valence-electron chi connectivity index (χ1n) is 6.25. The van der Waals surface area contributed by atoms with E-state index in [0.717, 1.165) is 27.5 Å². The van der Waals surface area contributed by atoms with Crippen LogP contribution >= 0.6 is 15.9 Å². The Labute approximate surface area is 111 Å². The maximum atomic E-state index is 5.82. The molecule has 94 valence electrons. The molecule has 0 unspecified atom stereocenters. The fraction of sp³-hybridized carbons (Fsp3) is 0.615. The molecule has 0 saturated heterocycles. The average Bonchev–Trinajstić information content (AvgIpc) is 2.33. The van der Waals surface area contributed by atoms with Crippen LogP contribution in [0.3, 0.4) is 0 Å². The molecule has 1 aromatic rings. The van der Waals surface area contributed by atoms with Gasteiger partial charge in [0.15, 0.2) is 0 Å². The normalized spacial score (nSPS) is 24.6. The van der Waals surface area contributed by atoms with E-state index in [2.05, 4.69) is 33.2 Å². The number of aromatic nitrogens is 1. The molecular formula is C13H20BrN3. The van der Waals surface area contributed by atoms with Crippen LogP contribution in [-0.4, -0.2) is 11.0 Å². The number of hydrogen-bond acceptors (Lipinski definition) is 3. The van der Waals surface area contributed by atoms with E-state index in [0.29, 0.717) is 6.04 Å². The summed E-state index contributed by atoms with van der Waals surface area (Å²) in [6.07, 6.45) is 6.82. The summed E-state index contributed by atoms with van der Waals surface area (Å²) in [6.45, 7) is 4.34. The van der Waals surface area contributed by atoms with Crippen molar-refractivity contribution in [3.63, 3.8) is 0 Å². The van der Waals surface area contributed by atoms with E-state index < -0.39 is 0 Å². The second kappa shape index (κ2) is 5.25. The lowest BCUT2D eigenvalue weighted by atomic mass is 9.87. The van der Waals surface area contributed by atoms with Gasteiger partial charge in [0.05, 0.1) is 16.4 Å². The molecule has 4 heteroatoms. The zero-order chi connectivity index (χ0) is 12.4. The topological polar surface area (TPSA) is 50.9 Å². The third-order valence-corrected chi connectivity index (χ3v) is 4.63. The Hall–Kier alpha value is -0.770. The van der Waals surface area contributed by atoms with Crippen LogP contribution < -0.4 is 11.1 Å². The first-order valence-corrected chi connectivity index (χ1v) is 7.04. The number of halogens is 1. The molecule has 0 spiro atoms. The molecule has 1 aromatic heterocycles. The predicted molar refractivity (Wildman–Crippen MR) is 76.1 cm³/mol. The van der Waals surface area contributed by atoms with Gasteiger partial charge in [0.2, 0.25) is 0 Å². The molecule has 3 nitrogen and oxygen atoms in total. The second-order valence-electron chi connectivity index (χ2n) is 5.10. The second-order valence-corrected chi connectivity index (χ2v) is 5.90. The fourth-order valence-corrected chi connectivity index (χ4v) is 2.74. The van der Waals surface area contributed by atoms with Crippen molar-refractivity contribution in [1.82, 2.24) is 4.98 Å². The van der Waals surface area contributed by atoms with Gasteiger partial charge in [0, 0.05) is 6.04 Å². The molecule has 1 aliphatic carbocycles. The quantitative estimate of drug-likeness (QED) is 0.874. The van der Waals surface area contributed by atoms with Gasteiger partial charge in [-0.1, -0.05) is 6.92 Å². The SMILES string of the molecule is Cc1c(N)cnc(NC2CCC(C)CC2)c1Br. The van der Waals surface area contributed by atoms with Crippen molar-refractivity contribution in [1.29, 1.82) is 0 Å². The summed E-state index contributed by atoms with van der Waals surface area (Å²) < 4.78 is 0.996. The van der Waals surface area contributed by atoms with Crippen molar-refractivity contribution in [3.05, 3.63) is 16.2 Å². The standard InChI is InChI=1S/C13H20BrN3/c1-8-3-5-10(6-4-8)17-13-12(14)9(2)11(15)7-16-13/h7-8,10H,3-6,15H2,1-2H3,(H,16,17). The smallest absolute Gasteiger partial charge is 0.140 e. The summed E-state index contributed by atoms with van der Waals surface area (Å²) in [4.78, 5) is 4.37. The summed E-state index contributed by atoms with van der Waals surface area (Å²) in [6, 6.07) is 0.554. The van der Waals surface area contributed by atoms with E-state index in [4.69, 9.17) is 5.73 Å². The minimum absolute atomic E-state index is 0.554. The van der Waals surface area contributed by atoms with Crippen molar-refractivity contribution in [2.24, 2.45) is 5.92 Å². The van der Waals surface area contributed by atoms with Crippen molar-refractivity contribution >= 4 is 27.4 Å². The molecule has 1 aliphatic rings. The van der Waals surface area contributed by atoms with E-state index in [1.54, 1.807) is 6.20 Å². The summed E-state index contributed by atoms with van der Waals surface area (Å²) in [5, 5.41) is 3.52. The van der Waals surface area contributed by atoms with E-state index in [1.807, 2.05) is 6.92 Å². The van der Waals surface area contributed by atoms with Crippen molar-refractivity contribution in [2.75, 3.05) is 11.1 Å². The van der Waals surface area contributed by atoms with Crippen molar-refractivity contribution in [2.45, 2.75) is 45.6 Å². The van der Waals surface area contributed by atoms with Crippen LogP contribution in [0, 0.1) is 12.8 Å². The highest BCUT2D eigenvalue weighted by atomic mass is 79.9. The van der Waals surface area contributed by atoms with Gasteiger partial charge in [-0.15, -0.1) is 0 Å². The lowest BCUT2D eigenvalue weighted by Crippen LogP contribution is -2.26. The first-order chi connectivity index (χ1) is 8.08. The van der Waals surface area contributed by atoms with Crippen LogP contribution in [0.1, 0.15) is 38.2 Å². The van der Waals surface area contributed by atoms with Crippen molar-refractivity contribution in [3.8, 4) is 0 Å². The van der Waals surface area contributed by atoms with Crippen LogP contribution in [0.2, 0.25) is 0 Å². The lowest BCUT2D eigenvalue weighted by molar-refractivity contribution is 0.360. The number of nitrogens with one attached hydrogen (secondary N) is 1. The average molecular weight is 298 g/mol. The van der Waals surface area contributed by atoms with Gasteiger partial charge >= 0.3 is 0 Å². The molecule has 1 saturated carbocycles. The highest BCUT2D eigenvalue weighted by Crippen LogP contribution is 2.31. The highest BCUT2D eigenvalue weighted by molar-refractivity contribution is 9.10. The number of hydrogen-bond donors (Lipinski definition) is 2. The van der Waals surface area contributed by atoms with Crippen LogP contribution in [-0.2, 0) is 0 Å². The van der Waals surface area contributed by atoms with Gasteiger partial charge in [-0.05, 0) is 60.0 Å². The maximum Gasteiger partial charge on any atom is 0.140 e. The minimum atomic E-state index is 0.554. The number of rotatable bonds is 2. The fourth-order valence-electron chi connectivity index (χ4n) is 2.29. The molecular weight excluding hydrogens is 278 g/mol. The minimum Gasteiger partial charge on any atom is -0.397 e. The van der Waals surface area contributed by atoms with Gasteiger partial charge in [0.1, 0.15) is 5.82 Å². The molecule has 0 amide bonds. The zero-order valence-corrected chi connectivity index (χ0v) is 12.0. The molecule has 0 aliphatic heterocycles. The third-order valence-electron chi connectivity index (χ3n) is 3.66. The summed E-state index contributed by atoms with van der Waals surface area (Å²) in [7, 11) is 0. The van der Waals surface area contributed by atoms with Gasteiger partial charge < -0.3 is 11.1 Å². The monoisotopic (exact) mass is 297 g/mol. The maximum absolute atomic E-state index is 5.82. The number of nitrogen functional groups attached to an aromatic ring is 1. The molecule has 1 fully saturated rings. The molecule has 2 rings (SSSR count). The molecule has 0 aromatic carbocycles. The van der Waals surface area contributed by atoms with E-state index in [-0.39, 0.29) is 0 Å². The Morgan fingerprint density at radius 3 is 2.65 bits per heavy atom. The summed E-state index contributed by atoms with van der Waals surface area (Å²) >= 11 is 3.56. The number of anilines is 2. The summed E-state index contributed by atoms with van der Waals surface area (Å²) in [5.74, 6) is 1.80. The van der Waals surface area contributed by atoms with Crippen LogP contribution in [0.25, 0.3) is 0 Å². The summed E-state index contributed by atoms with van der Waals surface area (Å²) in [5.41, 5.74) is 7.62. The third kappa shape index (κ3) is 2.92. The number of pyridine rings is 1. The molecule has 3 N–H and O–H groups in total. The molecule has 0 atom stereocenters. The molecule has 0 bridgehead atoms. The molecule has 0 radical (unpaired) electrons. The van der Waals surface area contributed by atoms with Gasteiger partial charge in [-0.2, -0.15) is 0 Å². The van der Waals surface area contributed by atoms with Gasteiger partial charge in [-0.3, -0.25) is 0 Å². The Bertz CT molecular complexity index is 398. The van der Waals surface area contributed by atoms with E-state index >= 15 is 0 Å². The Morgan fingerprint density at radius 2 is 2.00 bits per heavy atom. The number of nitrogens with zero attached hydrogens (tertiary/aromatic N) is 1. The van der Waals surface area contributed by atoms with Gasteiger partial charge in [0.25, 0.3) is 0 Å². The molecule has 17 heavy (non-hydrogen) atoms. The lowest BCUT2D eigenvalue weighted by Gasteiger charge is -2.27. The van der Waals surface area contributed by atoms with Crippen LogP contribution in [0.15, 0.2) is 10.7 Å². The highest BCUT2D eigenvalue weighted by Gasteiger charge is 2.19. The predicted octanol–water partition coefficient (Wildman–Crippen LogP) is 3.73. The van der Waals surface area contributed by atoms with Crippen LogP contribution in [0.5, 0.6) is 0 Å². The van der Waals surface area contributed by atoms with Crippen LogP contribution in [0.4, 0.5) is 11.5 Å². The zero-order valence-electron chi connectivity index (χ0n) is 10.5. The Morgan fingerprint density at radius 1 is 1.35 bits per heavy atom. The largest absolute Gasteiger partial charge is 0.397 e.